The molecular formula is C38H51N3O7. The third-order valence-electron chi connectivity index (χ3n) is 10.8. The summed E-state index contributed by atoms with van der Waals surface area (Å²) in [5, 5.41) is 0. The Balaban J connectivity index is 1.36. The van der Waals surface area contributed by atoms with Crippen molar-refractivity contribution in [2.24, 2.45) is 35.0 Å². The predicted octanol–water partition coefficient (Wildman–Crippen LogP) is 6.42. The van der Waals surface area contributed by atoms with Crippen LogP contribution in [0.2, 0.25) is 0 Å². The maximum Gasteiger partial charge on any atom is 0.329 e. The van der Waals surface area contributed by atoms with E-state index in [2.05, 4.69) is 18.1 Å². The van der Waals surface area contributed by atoms with Crippen molar-refractivity contribution in [3.8, 4) is 11.6 Å². The number of aromatic nitrogens is 2. The number of methoxy groups -OCH3 is 2. The lowest BCUT2D eigenvalue weighted by Crippen LogP contribution is -2.49. The summed E-state index contributed by atoms with van der Waals surface area (Å²) in [5.41, 5.74) is 1.08. The van der Waals surface area contributed by atoms with Gasteiger partial charge in [0.15, 0.2) is 0 Å². The number of hydrogen-bond acceptors (Lipinski definition) is 9. The molecule has 8 atom stereocenters. The molecule has 1 aromatic carbocycles. The van der Waals surface area contributed by atoms with Crippen molar-refractivity contribution in [1.29, 1.82) is 0 Å². The SMILES string of the molecule is C=CCCC[C@H]1[C@H]2CC[C@H](C2)[C@@H]1OC(=O)C[C@H](C(=O)N1C[C@H](Oc2nc3cc(OC)ccc3nc2C=C)[C@@H](C)[C@H]1C(=O)OC)C(C)(C)C. The standard InChI is InChI=1S/C38H51N3O7/c1-9-11-12-13-26-23-14-15-24(18-23)34(26)48-32(42)20-27(38(4,5)6)36(43)41-21-31(22(3)33(41)37(44)46-8)47-35-28(10-2)39-29-17-16-25(45-7)19-30(29)40-35/h9-10,16-17,19,22-24,26-27,31,33-34H,1-2,11-15,18,20-21H2,3-8H3/t22-,23+,24-,26+,27-,31+,33+,34+/m1/s1. The largest absolute Gasteiger partial charge is 0.497 e. The molecule has 0 spiro atoms. The van der Waals surface area contributed by atoms with Gasteiger partial charge in [-0.15, -0.1) is 6.58 Å². The van der Waals surface area contributed by atoms with Gasteiger partial charge in [-0.3, -0.25) is 9.59 Å². The molecule has 3 aliphatic rings. The number of benzene rings is 1. The highest BCUT2D eigenvalue weighted by Gasteiger charge is 2.52. The number of esters is 2. The average Bonchev–Trinajstić information content (AvgIpc) is 3.76. The molecule has 2 saturated carbocycles. The van der Waals surface area contributed by atoms with Crippen molar-refractivity contribution in [3.63, 3.8) is 0 Å². The van der Waals surface area contributed by atoms with Crippen molar-refractivity contribution in [2.45, 2.75) is 90.9 Å². The molecule has 0 N–H and O–H groups in total. The topological polar surface area (TPSA) is 117 Å². The zero-order chi connectivity index (χ0) is 34.7. The zero-order valence-electron chi connectivity index (χ0n) is 29.3. The average molecular weight is 662 g/mol. The Hall–Kier alpha value is -3.95. The molecule has 10 nitrogen and oxygen atoms in total. The second-order valence-corrected chi connectivity index (χ2v) is 14.7. The summed E-state index contributed by atoms with van der Waals surface area (Å²) in [6, 6.07) is 4.46. The van der Waals surface area contributed by atoms with E-state index < -0.39 is 35.4 Å². The molecule has 0 unspecified atom stereocenters. The second kappa shape index (κ2) is 14.7. The number of rotatable bonds is 13. The number of carbonyl (C=O) groups excluding carboxylic acids is 3. The van der Waals surface area contributed by atoms with Gasteiger partial charge in [-0.25, -0.2) is 14.8 Å². The smallest absolute Gasteiger partial charge is 0.329 e. The van der Waals surface area contributed by atoms with Gasteiger partial charge in [0.2, 0.25) is 11.8 Å². The van der Waals surface area contributed by atoms with Crippen LogP contribution in [0.4, 0.5) is 0 Å². The minimum atomic E-state index is -0.908. The Morgan fingerprint density at radius 2 is 1.83 bits per heavy atom. The summed E-state index contributed by atoms with van der Waals surface area (Å²) in [5.74, 6) is -0.168. The van der Waals surface area contributed by atoms with Crippen LogP contribution in [-0.2, 0) is 23.9 Å². The van der Waals surface area contributed by atoms with Crippen molar-refractivity contribution < 1.29 is 33.3 Å². The highest BCUT2D eigenvalue weighted by atomic mass is 16.5. The third kappa shape index (κ3) is 7.22. The minimum absolute atomic E-state index is 0.0709. The molecule has 3 fully saturated rings. The normalized spacial score (nSPS) is 27.0. The number of amides is 1. The summed E-state index contributed by atoms with van der Waals surface area (Å²) in [6.07, 6.45) is 9.11. The number of fused-ring (bicyclic) bond motifs is 3. The van der Waals surface area contributed by atoms with Crippen molar-refractivity contribution >= 4 is 35.0 Å². The van der Waals surface area contributed by atoms with Crippen LogP contribution in [0, 0.1) is 35.0 Å². The summed E-state index contributed by atoms with van der Waals surface area (Å²) in [4.78, 5) is 52.2. The van der Waals surface area contributed by atoms with Gasteiger partial charge in [0.25, 0.3) is 0 Å². The van der Waals surface area contributed by atoms with E-state index in [9.17, 15) is 14.4 Å². The molecule has 1 amide bonds. The molecule has 2 aliphatic carbocycles. The fourth-order valence-corrected chi connectivity index (χ4v) is 8.09. The van der Waals surface area contributed by atoms with E-state index in [0.29, 0.717) is 40.2 Å². The first-order chi connectivity index (χ1) is 22.9. The van der Waals surface area contributed by atoms with Gasteiger partial charge in [-0.2, -0.15) is 0 Å². The number of ether oxygens (including phenoxy) is 4. The van der Waals surface area contributed by atoms with E-state index in [1.165, 1.54) is 18.4 Å². The van der Waals surface area contributed by atoms with Crippen LogP contribution >= 0.6 is 0 Å². The Kier molecular flexibility index (Phi) is 10.8. The summed E-state index contributed by atoms with van der Waals surface area (Å²) >= 11 is 0. The van der Waals surface area contributed by atoms with Gasteiger partial charge >= 0.3 is 11.9 Å². The second-order valence-electron chi connectivity index (χ2n) is 14.7. The number of carbonyl (C=O) groups is 3. The van der Waals surface area contributed by atoms with Gasteiger partial charge in [0.1, 0.15) is 29.7 Å². The highest BCUT2D eigenvalue weighted by Crippen LogP contribution is 2.52. The van der Waals surface area contributed by atoms with Crippen LogP contribution in [0.5, 0.6) is 11.6 Å². The summed E-state index contributed by atoms with van der Waals surface area (Å²) < 4.78 is 23.2. The van der Waals surface area contributed by atoms with E-state index in [1.54, 1.807) is 25.3 Å². The quantitative estimate of drug-likeness (QED) is 0.136. The predicted molar refractivity (Wildman–Crippen MR) is 183 cm³/mol. The molecule has 5 rings (SSSR count). The summed E-state index contributed by atoms with van der Waals surface area (Å²) in [6.45, 7) is 15.5. The fourth-order valence-electron chi connectivity index (χ4n) is 8.09. The van der Waals surface area contributed by atoms with Crippen LogP contribution in [0.3, 0.4) is 0 Å². The Morgan fingerprint density at radius 1 is 1.08 bits per heavy atom. The maximum atomic E-state index is 14.5. The summed E-state index contributed by atoms with van der Waals surface area (Å²) in [7, 11) is 2.89. The first kappa shape index (κ1) is 35.4. The number of allylic oxidation sites excluding steroid dienone is 1. The van der Waals surface area contributed by atoms with Crippen LogP contribution < -0.4 is 9.47 Å². The zero-order valence-corrected chi connectivity index (χ0v) is 29.3. The van der Waals surface area contributed by atoms with Gasteiger partial charge in [-0.1, -0.05) is 40.3 Å². The Bertz CT molecular complexity index is 1530. The van der Waals surface area contributed by atoms with E-state index in [-0.39, 0.29) is 36.8 Å². The van der Waals surface area contributed by atoms with Crippen LogP contribution in [0.1, 0.15) is 78.3 Å². The Labute approximate surface area is 284 Å². The molecule has 1 saturated heterocycles. The first-order valence-electron chi connectivity index (χ1n) is 17.2. The van der Waals surface area contributed by atoms with E-state index in [4.69, 9.17) is 23.9 Å². The van der Waals surface area contributed by atoms with Crippen LogP contribution in [0.25, 0.3) is 17.1 Å². The van der Waals surface area contributed by atoms with Crippen LogP contribution in [0.15, 0.2) is 37.4 Å². The van der Waals surface area contributed by atoms with E-state index in [1.807, 2.05) is 39.8 Å². The number of likely N-dealkylation sites (tertiary alicyclic amines) is 1. The maximum absolute atomic E-state index is 14.5. The third-order valence-corrected chi connectivity index (χ3v) is 10.8. The number of unbranched alkanes of at least 4 members (excludes halogenated alkanes) is 1. The highest BCUT2D eigenvalue weighted by molar-refractivity contribution is 5.89. The molecule has 1 aliphatic heterocycles. The van der Waals surface area contributed by atoms with Crippen molar-refractivity contribution in [2.75, 3.05) is 20.8 Å². The number of hydrogen-bond donors (Lipinski definition) is 0. The molecule has 2 bridgehead atoms. The van der Waals surface area contributed by atoms with Gasteiger partial charge in [-0.05, 0) is 79.9 Å². The first-order valence-corrected chi connectivity index (χ1v) is 17.2. The molecule has 2 heterocycles. The monoisotopic (exact) mass is 661 g/mol. The lowest BCUT2D eigenvalue weighted by atomic mass is 9.77. The van der Waals surface area contributed by atoms with Gasteiger partial charge < -0.3 is 23.8 Å². The molecule has 260 valence electrons. The molecule has 10 heteroatoms. The molecular weight excluding hydrogens is 610 g/mol. The number of nitrogens with zero attached hydrogens (tertiary/aromatic N) is 3. The van der Waals surface area contributed by atoms with Gasteiger partial charge in [0.05, 0.1) is 44.1 Å². The van der Waals surface area contributed by atoms with Gasteiger partial charge in [0, 0.05) is 12.0 Å². The van der Waals surface area contributed by atoms with E-state index in [0.717, 1.165) is 32.1 Å². The molecule has 0 radical (unpaired) electrons. The van der Waals surface area contributed by atoms with E-state index >= 15 is 0 Å². The lowest BCUT2D eigenvalue weighted by molar-refractivity contribution is -0.162. The lowest BCUT2D eigenvalue weighted by Gasteiger charge is -2.35. The Morgan fingerprint density at radius 3 is 2.50 bits per heavy atom. The van der Waals surface area contributed by atoms with Crippen molar-refractivity contribution in [3.05, 3.63) is 43.1 Å². The van der Waals surface area contributed by atoms with Crippen molar-refractivity contribution in [1.82, 2.24) is 14.9 Å². The minimum Gasteiger partial charge on any atom is -0.497 e. The molecule has 2 aromatic rings. The van der Waals surface area contributed by atoms with Crippen LogP contribution in [-0.4, -0.2) is 71.7 Å². The molecule has 48 heavy (non-hydrogen) atoms. The fraction of sp³-hybridized carbons (Fsp3) is 0.605. The molecule has 1 aromatic heterocycles.